The van der Waals surface area contributed by atoms with Crippen molar-refractivity contribution in [3.63, 3.8) is 0 Å². The Bertz CT molecular complexity index is 461. The van der Waals surface area contributed by atoms with Crippen LogP contribution in [0.25, 0.3) is 0 Å². The fourth-order valence-corrected chi connectivity index (χ4v) is 1.10. The van der Waals surface area contributed by atoms with Crippen molar-refractivity contribution in [2.45, 2.75) is 0 Å². The number of nitro groups is 1. The number of rotatable bonds is 3. The maximum Gasteiger partial charge on any atom is 0.425 e. The topological polar surface area (TPSA) is 105 Å². The van der Waals surface area contributed by atoms with Gasteiger partial charge in [0, 0.05) is 11.6 Å². The van der Waals surface area contributed by atoms with Crippen LogP contribution in [0, 0.1) is 10.1 Å². The predicted octanol–water partition coefficient (Wildman–Crippen LogP) is 1.85. The summed E-state index contributed by atoms with van der Waals surface area (Å²) in [6.07, 6.45) is -0.183. The van der Waals surface area contributed by atoms with Gasteiger partial charge in [0.2, 0.25) is 0 Å². The molecule has 84 valence electrons. The number of nitrogens with zero attached hydrogens (tertiary/aromatic N) is 2. The molecule has 8 heteroatoms. The van der Waals surface area contributed by atoms with Gasteiger partial charge in [0.05, 0.1) is 11.1 Å². The molecule has 1 amide bonds. The van der Waals surface area contributed by atoms with Crippen molar-refractivity contribution in [2.75, 3.05) is 0 Å². The van der Waals surface area contributed by atoms with Gasteiger partial charge in [-0.2, -0.15) is 5.10 Å². The number of carboxylic acid groups (broad SMARTS) is 1. The van der Waals surface area contributed by atoms with E-state index < -0.39 is 11.0 Å². The van der Waals surface area contributed by atoms with Crippen molar-refractivity contribution < 1.29 is 14.8 Å². The molecule has 0 aliphatic heterocycles. The molecule has 0 aliphatic carbocycles. The molecule has 0 atom stereocenters. The predicted molar refractivity (Wildman–Crippen MR) is 56.9 cm³/mol. The van der Waals surface area contributed by atoms with Crippen LogP contribution in [0.1, 0.15) is 5.56 Å². The van der Waals surface area contributed by atoms with E-state index in [4.69, 9.17) is 16.7 Å². The third-order valence-corrected chi connectivity index (χ3v) is 1.86. The van der Waals surface area contributed by atoms with Crippen LogP contribution in [-0.2, 0) is 0 Å². The molecular weight excluding hydrogens is 238 g/mol. The highest BCUT2D eigenvalue weighted by Gasteiger charge is 2.11. The van der Waals surface area contributed by atoms with Crippen molar-refractivity contribution in [3.05, 3.63) is 38.9 Å². The summed E-state index contributed by atoms with van der Waals surface area (Å²) in [6, 6.07) is 4.00. The normalized spacial score (nSPS) is 10.3. The van der Waals surface area contributed by atoms with Crippen molar-refractivity contribution in [3.8, 4) is 0 Å². The van der Waals surface area contributed by atoms with Gasteiger partial charge in [0.25, 0.3) is 5.69 Å². The Hall–Kier alpha value is -2.15. The van der Waals surface area contributed by atoms with Crippen LogP contribution in [-0.4, -0.2) is 22.3 Å². The maximum absolute atomic E-state index is 10.5. The first-order valence-corrected chi connectivity index (χ1v) is 4.34. The lowest BCUT2D eigenvalue weighted by Crippen LogP contribution is -2.13. The highest BCUT2D eigenvalue weighted by atomic mass is 35.5. The molecule has 0 bridgehead atoms. The molecule has 0 aromatic heterocycles. The third-order valence-electron chi connectivity index (χ3n) is 1.54. The van der Waals surface area contributed by atoms with E-state index in [1.54, 1.807) is 5.43 Å². The first-order valence-electron chi connectivity index (χ1n) is 3.96. The molecule has 0 heterocycles. The molecule has 7 nitrogen and oxygen atoms in total. The monoisotopic (exact) mass is 243 g/mol. The molecule has 0 radical (unpaired) electrons. The zero-order valence-electron chi connectivity index (χ0n) is 7.75. The third kappa shape index (κ3) is 3.21. The van der Waals surface area contributed by atoms with Crippen LogP contribution < -0.4 is 5.43 Å². The Balaban J connectivity index is 2.91. The summed E-state index contributed by atoms with van der Waals surface area (Å²) >= 11 is 5.58. The average Bonchev–Trinajstić information content (AvgIpc) is 2.19. The van der Waals surface area contributed by atoms with Gasteiger partial charge in [0.15, 0.2) is 0 Å². The van der Waals surface area contributed by atoms with Crippen LogP contribution in [0.2, 0.25) is 5.02 Å². The minimum Gasteiger partial charge on any atom is -0.464 e. The number of carbonyl (C=O) groups is 1. The van der Waals surface area contributed by atoms with Gasteiger partial charge >= 0.3 is 6.09 Å². The van der Waals surface area contributed by atoms with Crippen LogP contribution >= 0.6 is 11.6 Å². The van der Waals surface area contributed by atoms with Crippen molar-refractivity contribution in [1.29, 1.82) is 0 Å². The van der Waals surface area contributed by atoms with Gasteiger partial charge in [-0.1, -0.05) is 17.7 Å². The maximum atomic E-state index is 10.5. The molecule has 0 spiro atoms. The van der Waals surface area contributed by atoms with Crippen molar-refractivity contribution in [1.82, 2.24) is 5.43 Å². The smallest absolute Gasteiger partial charge is 0.425 e. The Morgan fingerprint density at radius 3 is 2.88 bits per heavy atom. The summed E-state index contributed by atoms with van der Waals surface area (Å²) in [5.41, 5.74) is 1.84. The standard InChI is InChI=1S/C8H6ClN3O4/c9-6-2-1-5(3-7(6)12(15)16)4-10-11-8(13)14/h1-4,11H,(H,13,14). The van der Waals surface area contributed by atoms with Gasteiger partial charge in [-0.25, -0.2) is 10.2 Å². The van der Waals surface area contributed by atoms with E-state index in [-0.39, 0.29) is 10.7 Å². The van der Waals surface area contributed by atoms with Crippen LogP contribution in [0.3, 0.4) is 0 Å². The molecule has 0 unspecified atom stereocenters. The lowest BCUT2D eigenvalue weighted by Gasteiger charge is -1.96. The summed E-state index contributed by atoms with van der Waals surface area (Å²) in [7, 11) is 0. The summed E-state index contributed by atoms with van der Waals surface area (Å²) in [5, 5.41) is 22.1. The Morgan fingerprint density at radius 1 is 1.62 bits per heavy atom. The van der Waals surface area contributed by atoms with E-state index in [1.165, 1.54) is 18.2 Å². The minimum atomic E-state index is -1.32. The second-order valence-corrected chi connectivity index (χ2v) is 3.05. The molecule has 0 saturated carbocycles. The van der Waals surface area contributed by atoms with Gasteiger partial charge in [-0.15, -0.1) is 0 Å². The second kappa shape index (κ2) is 5.08. The van der Waals surface area contributed by atoms with E-state index in [1.807, 2.05) is 0 Å². The van der Waals surface area contributed by atoms with Crippen LogP contribution in [0.15, 0.2) is 23.3 Å². The number of hydrogen-bond donors (Lipinski definition) is 2. The molecule has 1 aromatic carbocycles. The van der Waals surface area contributed by atoms with E-state index in [9.17, 15) is 14.9 Å². The molecule has 2 N–H and O–H groups in total. The highest BCUT2D eigenvalue weighted by Crippen LogP contribution is 2.24. The van der Waals surface area contributed by atoms with E-state index in [0.29, 0.717) is 5.56 Å². The number of nitro benzene ring substituents is 1. The fraction of sp³-hybridized carbons (Fsp3) is 0. The number of halogens is 1. The lowest BCUT2D eigenvalue weighted by atomic mass is 10.2. The SMILES string of the molecule is O=C(O)NN=Cc1ccc(Cl)c([N+](=O)[O-])c1. The van der Waals surface area contributed by atoms with Crippen molar-refractivity contribution in [2.24, 2.45) is 5.10 Å². The molecule has 0 aliphatic rings. The molecule has 1 rings (SSSR count). The second-order valence-electron chi connectivity index (χ2n) is 2.64. The summed E-state index contributed by atoms with van der Waals surface area (Å²) in [5.74, 6) is 0. The van der Waals surface area contributed by atoms with Gasteiger partial charge in [0.1, 0.15) is 5.02 Å². The van der Waals surface area contributed by atoms with Gasteiger partial charge < -0.3 is 5.11 Å². The largest absolute Gasteiger partial charge is 0.464 e. The number of hydrazone groups is 1. The van der Waals surface area contributed by atoms with Crippen molar-refractivity contribution >= 4 is 29.6 Å². The average molecular weight is 244 g/mol. The summed E-state index contributed by atoms with van der Waals surface area (Å²) < 4.78 is 0. The molecular formula is C8H6ClN3O4. The molecule has 1 aromatic rings. The number of hydrogen-bond acceptors (Lipinski definition) is 4. The molecule has 0 fully saturated rings. The quantitative estimate of drug-likeness (QED) is 0.480. The Kier molecular flexibility index (Phi) is 3.78. The van der Waals surface area contributed by atoms with E-state index in [0.717, 1.165) is 6.21 Å². The number of nitrogens with one attached hydrogen (secondary N) is 1. The molecule has 0 saturated heterocycles. The molecule has 16 heavy (non-hydrogen) atoms. The Morgan fingerprint density at radius 2 is 2.31 bits per heavy atom. The van der Waals surface area contributed by atoms with E-state index in [2.05, 4.69) is 5.10 Å². The number of benzene rings is 1. The zero-order valence-corrected chi connectivity index (χ0v) is 8.51. The lowest BCUT2D eigenvalue weighted by molar-refractivity contribution is -0.384. The summed E-state index contributed by atoms with van der Waals surface area (Å²) in [4.78, 5) is 20.0. The fourth-order valence-electron chi connectivity index (χ4n) is 0.912. The zero-order chi connectivity index (χ0) is 12.1. The first kappa shape index (κ1) is 11.9. The van der Waals surface area contributed by atoms with E-state index >= 15 is 0 Å². The van der Waals surface area contributed by atoms with Gasteiger partial charge in [-0.3, -0.25) is 10.1 Å². The minimum absolute atomic E-state index is 0.00773. The Labute approximate surface area is 94.5 Å². The highest BCUT2D eigenvalue weighted by molar-refractivity contribution is 6.32. The van der Waals surface area contributed by atoms with Crippen LogP contribution in [0.5, 0.6) is 0 Å². The number of amides is 1. The van der Waals surface area contributed by atoms with Crippen LogP contribution in [0.4, 0.5) is 10.5 Å². The first-order chi connectivity index (χ1) is 7.50. The van der Waals surface area contributed by atoms with Gasteiger partial charge in [-0.05, 0) is 6.07 Å². The summed E-state index contributed by atoms with van der Waals surface area (Å²) in [6.45, 7) is 0.